The zero-order valence-electron chi connectivity index (χ0n) is 11.8. The van der Waals surface area contributed by atoms with Gasteiger partial charge in [-0.3, -0.25) is 4.79 Å². The van der Waals surface area contributed by atoms with Crippen LogP contribution in [0.3, 0.4) is 0 Å². The Bertz CT molecular complexity index is 406. The first kappa shape index (κ1) is 13.2. The highest BCUT2D eigenvalue weighted by molar-refractivity contribution is 5.94. The van der Waals surface area contributed by atoms with E-state index >= 15 is 0 Å². The third-order valence-electron chi connectivity index (χ3n) is 3.61. The molecular formula is C15H24N2O. The molecule has 1 aromatic heterocycles. The lowest BCUT2D eigenvalue weighted by Crippen LogP contribution is -2.31. The summed E-state index contributed by atoms with van der Waals surface area (Å²) in [4.78, 5) is 14.4. The Labute approximate surface area is 110 Å². The van der Waals surface area contributed by atoms with Gasteiger partial charge in [-0.05, 0) is 39.7 Å². The largest absolute Gasteiger partial charge is 0.348 e. The van der Waals surface area contributed by atoms with E-state index in [1.54, 1.807) is 0 Å². The fraction of sp³-hybridized carbons (Fsp3) is 0.667. The Morgan fingerprint density at radius 2 is 1.72 bits per heavy atom. The quantitative estimate of drug-likeness (QED) is 0.749. The van der Waals surface area contributed by atoms with Gasteiger partial charge in [0.2, 0.25) is 0 Å². The third-order valence-corrected chi connectivity index (χ3v) is 3.61. The summed E-state index contributed by atoms with van der Waals surface area (Å²) in [5, 5.41) is 0. The molecule has 0 aliphatic carbocycles. The summed E-state index contributed by atoms with van der Waals surface area (Å²) >= 11 is 0. The maximum absolute atomic E-state index is 12.4. The van der Waals surface area contributed by atoms with Gasteiger partial charge in [-0.25, -0.2) is 0 Å². The molecule has 0 unspecified atom stereocenters. The summed E-state index contributed by atoms with van der Waals surface area (Å²) in [6, 6.07) is 1.94. The van der Waals surface area contributed by atoms with Gasteiger partial charge in [0.25, 0.3) is 5.91 Å². The van der Waals surface area contributed by atoms with Crippen molar-refractivity contribution in [2.75, 3.05) is 13.1 Å². The predicted octanol–water partition coefficient (Wildman–Crippen LogP) is 3.26. The predicted molar refractivity (Wildman–Crippen MR) is 73.8 cm³/mol. The second-order valence-electron chi connectivity index (χ2n) is 6.18. The van der Waals surface area contributed by atoms with Gasteiger partial charge < -0.3 is 9.47 Å². The second kappa shape index (κ2) is 5.17. The number of aromatic nitrogens is 1. The van der Waals surface area contributed by atoms with Gasteiger partial charge in [0, 0.05) is 31.0 Å². The smallest absolute Gasteiger partial charge is 0.255 e. The molecule has 18 heavy (non-hydrogen) atoms. The summed E-state index contributed by atoms with van der Waals surface area (Å²) in [5.41, 5.74) is 0.865. The van der Waals surface area contributed by atoms with Crippen LogP contribution in [-0.4, -0.2) is 28.5 Å². The lowest BCUT2D eigenvalue weighted by Gasteiger charge is -2.22. The Balaban J connectivity index is 2.10. The number of carbonyl (C=O) groups excluding carboxylic acids is 1. The molecule has 1 fully saturated rings. The minimum Gasteiger partial charge on any atom is -0.348 e. The highest BCUT2D eigenvalue weighted by Crippen LogP contribution is 2.18. The van der Waals surface area contributed by atoms with E-state index in [1.165, 1.54) is 12.8 Å². The molecule has 3 heteroatoms. The van der Waals surface area contributed by atoms with Crippen LogP contribution in [0, 0.1) is 0 Å². The first-order chi connectivity index (χ1) is 8.48. The van der Waals surface area contributed by atoms with E-state index in [0.29, 0.717) is 0 Å². The zero-order valence-corrected chi connectivity index (χ0v) is 11.8. The van der Waals surface area contributed by atoms with Crippen molar-refractivity contribution in [2.45, 2.75) is 52.0 Å². The van der Waals surface area contributed by atoms with Gasteiger partial charge >= 0.3 is 0 Å². The molecule has 1 saturated heterocycles. The molecule has 0 atom stereocenters. The number of hydrogen-bond donors (Lipinski definition) is 0. The summed E-state index contributed by atoms with van der Waals surface area (Å²) < 4.78 is 2.11. The van der Waals surface area contributed by atoms with Crippen molar-refractivity contribution in [2.24, 2.45) is 0 Å². The van der Waals surface area contributed by atoms with Gasteiger partial charge in [0.05, 0.1) is 5.56 Å². The van der Waals surface area contributed by atoms with Crippen molar-refractivity contribution in [3.05, 3.63) is 24.0 Å². The maximum atomic E-state index is 12.4. The van der Waals surface area contributed by atoms with Gasteiger partial charge in [-0.2, -0.15) is 0 Å². The minimum absolute atomic E-state index is 0.0390. The van der Waals surface area contributed by atoms with E-state index in [-0.39, 0.29) is 11.4 Å². The number of nitrogens with zero attached hydrogens (tertiary/aromatic N) is 2. The Morgan fingerprint density at radius 1 is 1.11 bits per heavy atom. The number of likely N-dealkylation sites (tertiary alicyclic amines) is 1. The highest BCUT2D eigenvalue weighted by atomic mass is 16.2. The number of amides is 1. The second-order valence-corrected chi connectivity index (χ2v) is 6.18. The molecule has 1 aliphatic rings. The van der Waals surface area contributed by atoms with Crippen molar-refractivity contribution < 1.29 is 4.79 Å². The molecule has 0 spiro atoms. The van der Waals surface area contributed by atoms with Crippen LogP contribution in [0.15, 0.2) is 18.5 Å². The highest BCUT2D eigenvalue weighted by Gasteiger charge is 2.20. The van der Waals surface area contributed by atoms with E-state index in [4.69, 9.17) is 0 Å². The molecule has 0 N–H and O–H groups in total. The maximum Gasteiger partial charge on any atom is 0.255 e. The van der Waals surface area contributed by atoms with Crippen molar-refractivity contribution >= 4 is 5.91 Å². The number of carbonyl (C=O) groups is 1. The molecule has 3 nitrogen and oxygen atoms in total. The van der Waals surface area contributed by atoms with E-state index in [1.807, 2.05) is 23.4 Å². The molecule has 100 valence electrons. The molecule has 1 aliphatic heterocycles. The minimum atomic E-state index is 0.0390. The summed E-state index contributed by atoms with van der Waals surface area (Å²) in [5.74, 6) is 0.194. The summed E-state index contributed by atoms with van der Waals surface area (Å²) in [7, 11) is 0. The van der Waals surface area contributed by atoms with Crippen LogP contribution in [0.5, 0.6) is 0 Å². The lowest BCUT2D eigenvalue weighted by molar-refractivity contribution is 0.0761. The fourth-order valence-electron chi connectivity index (χ4n) is 2.40. The molecule has 0 radical (unpaired) electrons. The molecule has 1 amide bonds. The lowest BCUT2D eigenvalue weighted by atomic mass is 10.1. The normalized spacial score (nSPS) is 17.6. The van der Waals surface area contributed by atoms with Gasteiger partial charge in [0.1, 0.15) is 0 Å². The van der Waals surface area contributed by atoms with Crippen LogP contribution >= 0.6 is 0 Å². The average Bonchev–Trinajstić information content (AvgIpc) is 2.65. The Hall–Kier alpha value is -1.25. The molecule has 0 saturated carbocycles. The number of rotatable bonds is 1. The summed E-state index contributed by atoms with van der Waals surface area (Å²) in [6.45, 7) is 8.27. The number of hydrogen-bond acceptors (Lipinski definition) is 1. The molecule has 2 rings (SSSR count). The van der Waals surface area contributed by atoms with Gasteiger partial charge in [-0.1, -0.05) is 12.8 Å². The van der Waals surface area contributed by atoms with Gasteiger partial charge in [0.15, 0.2) is 0 Å². The van der Waals surface area contributed by atoms with Crippen LogP contribution in [-0.2, 0) is 5.54 Å². The van der Waals surface area contributed by atoms with E-state index in [9.17, 15) is 4.79 Å². The first-order valence-electron chi connectivity index (χ1n) is 6.96. The molecule has 0 bridgehead atoms. The monoisotopic (exact) mass is 248 g/mol. The van der Waals surface area contributed by atoms with Crippen LogP contribution in [0.25, 0.3) is 0 Å². The van der Waals surface area contributed by atoms with Crippen molar-refractivity contribution in [1.29, 1.82) is 0 Å². The van der Waals surface area contributed by atoms with E-state index < -0.39 is 0 Å². The van der Waals surface area contributed by atoms with Crippen LogP contribution in [0.2, 0.25) is 0 Å². The van der Waals surface area contributed by atoms with Crippen LogP contribution < -0.4 is 0 Å². The first-order valence-corrected chi connectivity index (χ1v) is 6.96. The third kappa shape index (κ3) is 2.95. The Morgan fingerprint density at radius 3 is 2.22 bits per heavy atom. The van der Waals surface area contributed by atoms with Crippen molar-refractivity contribution in [1.82, 2.24) is 9.47 Å². The topological polar surface area (TPSA) is 25.2 Å². The van der Waals surface area contributed by atoms with Crippen molar-refractivity contribution in [3.63, 3.8) is 0 Å². The van der Waals surface area contributed by atoms with Crippen LogP contribution in [0.1, 0.15) is 56.8 Å². The molecule has 0 aromatic carbocycles. The van der Waals surface area contributed by atoms with Crippen LogP contribution in [0.4, 0.5) is 0 Å². The molecular weight excluding hydrogens is 224 g/mol. The summed E-state index contributed by atoms with van der Waals surface area (Å²) in [6.07, 6.45) is 8.79. The standard InChI is InChI=1S/C15H24N2O/c1-15(2,3)17-11-8-13(12-17)14(18)16-9-6-4-5-7-10-16/h8,11-12H,4-7,9-10H2,1-3H3. The Kier molecular flexibility index (Phi) is 3.79. The molecule has 1 aromatic rings. The van der Waals surface area contributed by atoms with Gasteiger partial charge in [-0.15, -0.1) is 0 Å². The molecule has 2 heterocycles. The fourth-order valence-corrected chi connectivity index (χ4v) is 2.40. The van der Waals surface area contributed by atoms with E-state index in [2.05, 4.69) is 25.3 Å². The SMILES string of the molecule is CC(C)(C)n1ccc(C(=O)N2CCCCCC2)c1. The average molecular weight is 248 g/mol. The zero-order chi connectivity index (χ0) is 13.2. The van der Waals surface area contributed by atoms with Crippen molar-refractivity contribution in [3.8, 4) is 0 Å². The van der Waals surface area contributed by atoms with E-state index in [0.717, 1.165) is 31.5 Å².